The summed E-state index contributed by atoms with van der Waals surface area (Å²) in [5.41, 5.74) is 11.9. The van der Waals surface area contributed by atoms with Gasteiger partial charge in [-0.3, -0.25) is 4.79 Å². The van der Waals surface area contributed by atoms with E-state index in [1.165, 1.54) is 32.1 Å². The van der Waals surface area contributed by atoms with E-state index in [1.807, 2.05) is 18.1 Å². The summed E-state index contributed by atoms with van der Waals surface area (Å²) in [6.07, 6.45) is 14.4. The minimum absolute atomic E-state index is 0.0845. The standard InChI is InChI=1S/C22H36N4.C9H15ClO/c1-6-8-9-10-17(3)18(4)15-21-24-22(26-14-12-20(23)16-26)19(7-2)11-13-25(21)5;1-6-4-3-5-8(7(2)11)9(6)10/h13,15,17,20H,4,6-10,12,14,16,23H2,1-3,5H3;6,8-9H,3-5H2,1-2H3/b21-15-;/t17-,20-;/m0./s1. The maximum atomic E-state index is 11.1. The predicted molar refractivity (Wildman–Crippen MR) is 159 cm³/mol. The topological polar surface area (TPSA) is 61.9 Å². The fourth-order valence-electron chi connectivity index (χ4n) is 5.19. The molecule has 6 heteroatoms. The highest BCUT2D eigenvalue weighted by atomic mass is 35.5. The van der Waals surface area contributed by atoms with Crippen molar-refractivity contribution in [3.63, 3.8) is 0 Å². The van der Waals surface area contributed by atoms with Gasteiger partial charge in [-0.15, -0.1) is 11.6 Å². The second kappa shape index (κ2) is 15.6. The number of hydrogen-bond acceptors (Lipinski definition) is 5. The highest BCUT2D eigenvalue weighted by molar-refractivity contribution is 6.22. The predicted octanol–water partition coefficient (Wildman–Crippen LogP) is 7.05. The molecule has 0 spiro atoms. The van der Waals surface area contributed by atoms with Gasteiger partial charge in [-0.1, -0.05) is 65.7 Å². The van der Waals surface area contributed by atoms with Crippen LogP contribution in [0, 0.1) is 17.8 Å². The van der Waals surface area contributed by atoms with Crippen LogP contribution >= 0.6 is 11.6 Å². The Morgan fingerprint density at radius 3 is 2.62 bits per heavy atom. The lowest BCUT2D eigenvalue weighted by Gasteiger charge is -2.30. The Labute approximate surface area is 231 Å². The van der Waals surface area contributed by atoms with Gasteiger partial charge in [0.15, 0.2) is 0 Å². The maximum absolute atomic E-state index is 11.1. The summed E-state index contributed by atoms with van der Waals surface area (Å²) >= 11 is 6.11. The number of nitrogens with zero attached hydrogens (tertiary/aromatic N) is 3. The van der Waals surface area contributed by atoms with Gasteiger partial charge in [-0.2, -0.15) is 0 Å². The third kappa shape index (κ3) is 9.46. The maximum Gasteiger partial charge on any atom is 0.142 e. The molecule has 2 heterocycles. The summed E-state index contributed by atoms with van der Waals surface area (Å²) < 4.78 is 0. The molecule has 5 atom stereocenters. The van der Waals surface area contributed by atoms with Crippen molar-refractivity contribution in [2.45, 2.75) is 104 Å². The lowest BCUT2D eigenvalue weighted by molar-refractivity contribution is -0.121. The lowest BCUT2D eigenvalue weighted by atomic mass is 9.80. The van der Waals surface area contributed by atoms with Gasteiger partial charge in [0.05, 0.1) is 0 Å². The molecule has 3 unspecified atom stereocenters. The third-order valence-corrected chi connectivity index (χ3v) is 8.71. The van der Waals surface area contributed by atoms with E-state index in [0.29, 0.717) is 11.8 Å². The molecule has 0 aromatic heterocycles. The van der Waals surface area contributed by atoms with Crippen LogP contribution in [-0.4, -0.2) is 53.0 Å². The van der Waals surface area contributed by atoms with E-state index in [1.54, 1.807) is 6.92 Å². The minimum atomic E-state index is 0.0845. The van der Waals surface area contributed by atoms with Crippen molar-refractivity contribution in [1.82, 2.24) is 9.80 Å². The number of allylic oxidation sites excluding steroid dienone is 2. The Kier molecular flexibility index (Phi) is 13.2. The molecular formula is C31H51ClN4O. The molecule has 5 nitrogen and oxygen atoms in total. The van der Waals surface area contributed by atoms with Crippen molar-refractivity contribution in [3.05, 3.63) is 41.6 Å². The smallest absolute Gasteiger partial charge is 0.142 e. The first-order chi connectivity index (χ1) is 17.6. The first-order valence-corrected chi connectivity index (χ1v) is 14.9. The van der Waals surface area contributed by atoms with Gasteiger partial charge in [0.1, 0.15) is 17.4 Å². The van der Waals surface area contributed by atoms with Crippen LogP contribution in [0.4, 0.5) is 0 Å². The van der Waals surface area contributed by atoms with E-state index < -0.39 is 0 Å². The highest BCUT2D eigenvalue weighted by Crippen LogP contribution is 2.33. The number of unbranched alkanes of at least 4 members (excludes halogenated alkanes) is 2. The number of amidine groups is 1. The fraction of sp³-hybridized carbons (Fsp3) is 0.710. The number of ketones is 1. The first-order valence-electron chi connectivity index (χ1n) is 14.4. The molecule has 0 radical (unpaired) electrons. The molecule has 2 fully saturated rings. The van der Waals surface area contributed by atoms with Gasteiger partial charge in [0, 0.05) is 49.2 Å². The number of hydrogen-bond donors (Lipinski definition) is 1. The van der Waals surface area contributed by atoms with Crippen LogP contribution in [0.2, 0.25) is 0 Å². The summed E-state index contributed by atoms with van der Waals surface area (Å²) in [6, 6.07) is 0.238. The molecule has 3 rings (SSSR count). The zero-order valence-electron chi connectivity index (χ0n) is 24.2. The number of rotatable bonds is 8. The van der Waals surface area contributed by atoms with Crippen molar-refractivity contribution >= 4 is 23.2 Å². The second-order valence-corrected chi connectivity index (χ2v) is 11.7. The Morgan fingerprint density at radius 1 is 1.32 bits per heavy atom. The van der Waals surface area contributed by atoms with Crippen molar-refractivity contribution in [3.8, 4) is 0 Å². The average Bonchev–Trinajstić information content (AvgIpc) is 3.23. The van der Waals surface area contributed by atoms with Crippen LogP contribution in [0.15, 0.2) is 46.5 Å². The van der Waals surface area contributed by atoms with Crippen LogP contribution in [0.5, 0.6) is 0 Å². The molecule has 0 bridgehead atoms. The van der Waals surface area contributed by atoms with E-state index in [9.17, 15) is 4.79 Å². The summed E-state index contributed by atoms with van der Waals surface area (Å²) in [4.78, 5) is 20.5. The van der Waals surface area contributed by atoms with E-state index in [0.717, 1.165) is 61.6 Å². The summed E-state index contributed by atoms with van der Waals surface area (Å²) in [5.74, 6) is 3.34. The molecule has 1 saturated heterocycles. The van der Waals surface area contributed by atoms with Gasteiger partial charge in [-0.05, 0) is 62.5 Å². The zero-order chi connectivity index (χ0) is 27.5. The van der Waals surface area contributed by atoms with Crippen molar-refractivity contribution < 1.29 is 4.79 Å². The largest absolute Gasteiger partial charge is 0.354 e. The number of likely N-dealkylation sites (tertiary alicyclic amines) is 1. The van der Waals surface area contributed by atoms with Gasteiger partial charge >= 0.3 is 0 Å². The molecule has 208 valence electrons. The third-order valence-electron chi connectivity index (χ3n) is 7.97. The fourth-order valence-corrected chi connectivity index (χ4v) is 5.62. The Hall–Kier alpha value is -1.81. The molecular weight excluding hydrogens is 480 g/mol. The van der Waals surface area contributed by atoms with Crippen LogP contribution < -0.4 is 5.73 Å². The van der Waals surface area contributed by atoms with Crippen molar-refractivity contribution in [2.24, 2.45) is 28.5 Å². The molecule has 1 saturated carbocycles. The summed E-state index contributed by atoms with van der Waals surface area (Å²) in [6.45, 7) is 16.6. The molecule has 0 aromatic rings. The lowest BCUT2D eigenvalue weighted by Crippen LogP contribution is -2.33. The molecule has 1 aliphatic carbocycles. The van der Waals surface area contributed by atoms with Crippen LogP contribution in [-0.2, 0) is 4.79 Å². The van der Waals surface area contributed by atoms with Crippen LogP contribution in [0.25, 0.3) is 0 Å². The molecule has 0 amide bonds. The Balaban J connectivity index is 0.000000364. The van der Waals surface area contributed by atoms with Gasteiger partial charge < -0.3 is 15.5 Å². The Bertz CT molecular complexity index is 901. The summed E-state index contributed by atoms with van der Waals surface area (Å²) in [7, 11) is 2.03. The highest BCUT2D eigenvalue weighted by Gasteiger charge is 2.31. The number of nitrogens with two attached hydrogens (primary N) is 1. The molecule has 3 aliphatic rings. The average molecular weight is 531 g/mol. The van der Waals surface area contributed by atoms with Gasteiger partial charge in [0.25, 0.3) is 0 Å². The van der Waals surface area contributed by atoms with Gasteiger partial charge in [0.2, 0.25) is 0 Å². The number of halogens is 1. The van der Waals surface area contributed by atoms with Gasteiger partial charge in [-0.25, -0.2) is 4.99 Å². The van der Waals surface area contributed by atoms with Crippen molar-refractivity contribution in [1.29, 1.82) is 0 Å². The van der Waals surface area contributed by atoms with Crippen LogP contribution in [0.3, 0.4) is 0 Å². The van der Waals surface area contributed by atoms with Crippen LogP contribution in [0.1, 0.15) is 92.4 Å². The number of Topliss-reactive ketones (excluding diaryl/α,β-unsaturated/α-hetero) is 1. The van der Waals surface area contributed by atoms with E-state index in [-0.39, 0.29) is 23.1 Å². The number of alkyl halides is 1. The zero-order valence-corrected chi connectivity index (χ0v) is 25.0. The molecule has 0 aromatic carbocycles. The number of aliphatic imine (C=N–C) groups is 1. The second-order valence-electron chi connectivity index (χ2n) is 11.2. The normalized spacial score (nSPS) is 27.7. The minimum Gasteiger partial charge on any atom is -0.354 e. The van der Waals surface area contributed by atoms with E-state index in [4.69, 9.17) is 22.3 Å². The van der Waals surface area contributed by atoms with E-state index in [2.05, 4.69) is 51.0 Å². The monoisotopic (exact) mass is 530 g/mol. The molecule has 2 N–H and O–H groups in total. The molecule has 37 heavy (non-hydrogen) atoms. The Morgan fingerprint density at radius 2 is 2.05 bits per heavy atom. The number of carbonyl (C=O) groups excluding carboxylic acids is 1. The molecule has 2 aliphatic heterocycles. The quantitative estimate of drug-likeness (QED) is 0.207. The first kappa shape index (κ1) is 31.4. The SMILES string of the molecule is C=C(/C=C1/N=C(N2CC[C@H](N)C2)C(CC)=C=CN1C)[C@@H](C)CCCCC.CC(=O)C1CCCC(C)C1Cl. The number of carbonyl (C=O) groups is 1. The summed E-state index contributed by atoms with van der Waals surface area (Å²) in [5, 5.41) is 0.0845. The van der Waals surface area contributed by atoms with E-state index >= 15 is 0 Å². The van der Waals surface area contributed by atoms with Crippen molar-refractivity contribution in [2.75, 3.05) is 20.1 Å².